The molecule has 1 aliphatic carbocycles. The van der Waals surface area contributed by atoms with Crippen molar-refractivity contribution < 1.29 is 0 Å². The summed E-state index contributed by atoms with van der Waals surface area (Å²) in [5, 5.41) is 4.76. The maximum atomic E-state index is 6.07. The third kappa shape index (κ3) is 4.49. The number of halogens is 1. The minimum absolute atomic E-state index is 0.160. The number of hydrogen-bond acceptors (Lipinski definition) is 2. The van der Waals surface area contributed by atoms with Gasteiger partial charge in [-0.3, -0.25) is 10.2 Å². The van der Waals surface area contributed by atoms with Crippen LogP contribution < -0.4 is 5.32 Å². The third-order valence-corrected chi connectivity index (χ3v) is 6.06. The van der Waals surface area contributed by atoms with E-state index in [1.54, 1.807) is 0 Å². The summed E-state index contributed by atoms with van der Waals surface area (Å²) in [6.07, 6.45) is 6.57. The second kappa shape index (κ2) is 8.00. The SMILES string of the molecule is CCCC1CC(NC(C)(c2ccc(Cl)cc2)N(C)C)CCC1C. The highest BCUT2D eigenvalue weighted by Gasteiger charge is 2.35. The van der Waals surface area contributed by atoms with Crippen molar-refractivity contribution in [1.29, 1.82) is 0 Å². The maximum Gasteiger partial charge on any atom is 0.0943 e. The van der Waals surface area contributed by atoms with E-state index in [0.29, 0.717) is 6.04 Å². The van der Waals surface area contributed by atoms with Crippen LogP contribution in [0, 0.1) is 11.8 Å². The summed E-state index contributed by atoms with van der Waals surface area (Å²) in [4.78, 5) is 2.28. The minimum atomic E-state index is -0.160. The first-order valence-corrected chi connectivity index (χ1v) is 9.45. The predicted molar refractivity (Wildman–Crippen MR) is 101 cm³/mol. The Balaban J connectivity index is 2.14. The van der Waals surface area contributed by atoms with Gasteiger partial charge >= 0.3 is 0 Å². The molecule has 0 aromatic heterocycles. The Morgan fingerprint density at radius 1 is 1.22 bits per heavy atom. The van der Waals surface area contributed by atoms with Crippen molar-refractivity contribution in [2.24, 2.45) is 11.8 Å². The van der Waals surface area contributed by atoms with Gasteiger partial charge in [0.2, 0.25) is 0 Å². The zero-order valence-corrected chi connectivity index (χ0v) is 16.2. The van der Waals surface area contributed by atoms with Crippen molar-refractivity contribution >= 4 is 11.6 Å². The van der Waals surface area contributed by atoms with Crippen LogP contribution in [-0.4, -0.2) is 25.0 Å². The zero-order chi connectivity index (χ0) is 17.0. The molecular weight excluding hydrogens is 304 g/mol. The fraction of sp³-hybridized carbons (Fsp3) is 0.700. The highest BCUT2D eigenvalue weighted by molar-refractivity contribution is 6.30. The second-order valence-corrected chi connectivity index (χ2v) is 8.09. The van der Waals surface area contributed by atoms with Gasteiger partial charge in [-0.05, 0) is 69.8 Å². The minimum Gasteiger partial charge on any atom is -0.293 e. The van der Waals surface area contributed by atoms with E-state index in [4.69, 9.17) is 11.6 Å². The monoisotopic (exact) mass is 336 g/mol. The Hall–Kier alpha value is -0.570. The lowest BCUT2D eigenvalue weighted by atomic mass is 9.75. The van der Waals surface area contributed by atoms with Gasteiger partial charge in [0, 0.05) is 11.1 Å². The van der Waals surface area contributed by atoms with Crippen molar-refractivity contribution in [3.8, 4) is 0 Å². The first-order valence-electron chi connectivity index (χ1n) is 9.08. The predicted octanol–water partition coefficient (Wildman–Crippen LogP) is 5.27. The van der Waals surface area contributed by atoms with Crippen molar-refractivity contribution in [2.75, 3.05) is 14.1 Å². The standard InChI is InChI=1S/C20H33ClN2/c1-6-7-16-14-19(13-8-15(16)2)22-20(3,23(4)5)17-9-11-18(21)12-10-17/h9-12,15-16,19,22H,6-8,13-14H2,1-5H3. The average Bonchev–Trinajstić information content (AvgIpc) is 2.51. The van der Waals surface area contributed by atoms with Crippen LogP contribution in [0.4, 0.5) is 0 Å². The maximum absolute atomic E-state index is 6.07. The average molecular weight is 337 g/mol. The zero-order valence-electron chi connectivity index (χ0n) is 15.4. The summed E-state index contributed by atoms with van der Waals surface area (Å²) in [7, 11) is 4.30. The highest BCUT2D eigenvalue weighted by atomic mass is 35.5. The summed E-state index contributed by atoms with van der Waals surface area (Å²) < 4.78 is 0. The summed E-state index contributed by atoms with van der Waals surface area (Å²) in [5.41, 5.74) is 1.12. The van der Waals surface area contributed by atoms with Gasteiger partial charge in [0.1, 0.15) is 0 Å². The molecule has 2 rings (SSSR count). The van der Waals surface area contributed by atoms with Crippen LogP contribution in [0.1, 0.15) is 58.4 Å². The Labute approximate surface area is 147 Å². The second-order valence-electron chi connectivity index (χ2n) is 7.65. The van der Waals surface area contributed by atoms with Crippen LogP contribution in [0.25, 0.3) is 0 Å². The normalized spacial score (nSPS) is 27.9. The molecule has 0 bridgehead atoms. The molecule has 1 aromatic rings. The van der Waals surface area contributed by atoms with E-state index in [-0.39, 0.29) is 5.66 Å². The highest BCUT2D eigenvalue weighted by Crippen LogP contribution is 2.35. The summed E-state index contributed by atoms with van der Waals surface area (Å²) in [6.45, 7) is 7.02. The number of hydrogen-bond donors (Lipinski definition) is 1. The van der Waals surface area contributed by atoms with Gasteiger partial charge < -0.3 is 0 Å². The Morgan fingerprint density at radius 2 is 1.87 bits per heavy atom. The largest absolute Gasteiger partial charge is 0.293 e. The molecule has 3 heteroatoms. The molecule has 4 atom stereocenters. The first kappa shape index (κ1) is 18.8. The van der Waals surface area contributed by atoms with Crippen LogP contribution in [0.5, 0.6) is 0 Å². The van der Waals surface area contributed by atoms with Gasteiger partial charge in [0.05, 0.1) is 5.66 Å². The molecule has 4 unspecified atom stereocenters. The third-order valence-electron chi connectivity index (χ3n) is 5.81. The quantitative estimate of drug-likeness (QED) is 0.712. The van der Waals surface area contributed by atoms with Crippen LogP contribution >= 0.6 is 11.6 Å². The van der Waals surface area contributed by atoms with Crippen LogP contribution in [0.3, 0.4) is 0 Å². The van der Waals surface area contributed by atoms with Crippen LogP contribution in [0.2, 0.25) is 5.02 Å². The molecule has 0 aliphatic heterocycles. The van der Waals surface area contributed by atoms with Gasteiger partial charge in [0.15, 0.2) is 0 Å². The molecule has 0 heterocycles. The molecule has 0 spiro atoms. The van der Waals surface area contributed by atoms with E-state index in [1.165, 1.54) is 37.7 Å². The molecule has 1 aliphatic rings. The molecule has 1 aromatic carbocycles. The summed E-state index contributed by atoms with van der Waals surface area (Å²) in [6, 6.07) is 8.85. The summed E-state index contributed by atoms with van der Waals surface area (Å²) >= 11 is 6.07. The molecule has 1 fully saturated rings. The van der Waals surface area contributed by atoms with Crippen molar-refractivity contribution in [1.82, 2.24) is 10.2 Å². The van der Waals surface area contributed by atoms with E-state index in [9.17, 15) is 0 Å². The number of rotatable bonds is 6. The topological polar surface area (TPSA) is 15.3 Å². The Bertz CT molecular complexity index is 485. The molecule has 130 valence electrons. The van der Waals surface area contributed by atoms with Crippen LogP contribution in [-0.2, 0) is 5.66 Å². The fourth-order valence-electron chi connectivity index (χ4n) is 3.96. The number of benzene rings is 1. The molecule has 2 nitrogen and oxygen atoms in total. The fourth-order valence-corrected chi connectivity index (χ4v) is 4.09. The first-order chi connectivity index (χ1) is 10.9. The Kier molecular flexibility index (Phi) is 6.53. The van der Waals surface area contributed by atoms with Gasteiger partial charge in [-0.15, -0.1) is 0 Å². The molecule has 0 amide bonds. The van der Waals surface area contributed by atoms with E-state index in [0.717, 1.165) is 16.9 Å². The smallest absolute Gasteiger partial charge is 0.0943 e. The van der Waals surface area contributed by atoms with Gasteiger partial charge in [-0.2, -0.15) is 0 Å². The van der Waals surface area contributed by atoms with E-state index >= 15 is 0 Å². The van der Waals surface area contributed by atoms with Gasteiger partial charge in [-0.25, -0.2) is 0 Å². The molecule has 23 heavy (non-hydrogen) atoms. The van der Waals surface area contributed by atoms with Crippen molar-refractivity contribution in [3.05, 3.63) is 34.9 Å². The molecule has 1 N–H and O–H groups in total. The van der Waals surface area contributed by atoms with Crippen molar-refractivity contribution in [3.63, 3.8) is 0 Å². The van der Waals surface area contributed by atoms with Crippen LogP contribution in [0.15, 0.2) is 24.3 Å². The lowest BCUT2D eigenvalue weighted by Crippen LogP contribution is -2.55. The van der Waals surface area contributed by atoms with E-state index in [2.05, 4.69) is 57.2 Å². The lowest BCUT2D eigenvalue weighted by molar-refractivity contribution is 0.0814. The molecule has 1 saturated carbocycles. The lowest BCUT2D eigenvalue weighted by Gasteiger charge is -2.44. The van der Waals surface area contributed by atoms with Crippen molar-refractivity contribution in [2.45, 2.75) is 64.6 Å². The molecular formula is C20H33ClN2. The molecule has 0 saturated heterocycles. The van der Waals surface area contributed by atoms with Gasteiger partial charge in [-0.1, -0.05) is 50.4 Å². The van der Waals surface area contributed by atoms with E-state index < -0.39 is 0 Å². The Morgan fingerprint density at radius 3 is 2.43 bits per heavy atom. The summed E-state index contributed by atoms with van der Waals surface area (Å²) in [5.74, 6) is 1.73. The molecule has 0 radical (unpaired) electrons. The van der Waals surface area contributed by atoms with E-state index in [1.807, 2.05) is 12.1 Å². The number of nitrogens with zero attached hydrogens (tertiary/aromatic N) is 1. The number of nitrogens with one attached hydrogen (secondary N) is 1. The van der Waals surface area contributed by atoms with Gasteiger partial charge in [0.25, 0.3) is 0 Å².